The minimum absolute atomic E-state index is 0.427. The second kappa shape index (κ2) is 6.36. The number of nitrogens with zero attached hydrogens (tertiary/aromatic N) is 2. The molecule has 1 aromatic carbocycles. The van der Waals surface area contributed by atoms with Gasteiger partial charge in [0.2, 0.25) is 0 Å². The molecule has 1 unspecified atom stereocenters. The minimum Gasteiger partial charge on any atom is -0.306 e. The summed E-state index contributed by atoms with van der Waals surface area (Å²) in [6.07, 6.45) is 6.31. The van der Waals surface area contributed by atoms with Crippen LogP contribution in [-0.2, 0) is 13.6 Å². The van der Waals surface area contributed by atoms with Gasteiger partial charge in [0.15, 0.2) is 0 Å². The Morgan fingerprint density at radius 3 is 2.67 bits per heavy atom. The van der Waals surface area contributed by atoms with Crippen LogP contribution in [0.3, 0.4) is 0 Å². The molecule has 18 heavy (non-hydrogen) atoms. The van der Waals surface area contributed by atoms with E-state index in [0.29, 0.717) is 6.04 Å². The van der Waals surface area contributed by atoms with Crippen LogP contribution in [0, 0.1) is 0 Å². The number of hydrogen-bond donors (Lipinski definition) is 1. The fourth-order valence-corrected chi connectivity index (χ4v) is 2.16. The van der Waals surface area contributed by atoms with Gasteiger partial charge in [0.05, 0.1) is 6.20 Å². The summed E-state index contributed by atoms with van der Waals surface area (Å²) in [7, 11) is 1.95. The molecule has 0 radical (unpaired) electrons. The van der Waals surface area contributed by atoms with Crippen LogP contribution in [0.4, 0.5) is 0 Å². The zero-order chi connectivity index (χ0) is 12.8. The zero-order valence-electron chi connectivity index (χ0n) is 11.1. The molecule has 1 atom stereocenters. The Morgan fingerprint density at radius 2 is 2.06 bits per heavy atom. The predicted molar refractivity (Wildman–Crippen MR) is 74.1 cm³/mol. The molecule has 2 aromatic rings. The first-order valence-corrected chi connectivity index (χ1v) is 6.55. The fraction of sp³-hybridized carbons (Fsp3) is 0.400. The molecule has 0 saturated carbocycles. The lowest BCUT2D eigenvalue weighted by atomic mass is 10.0. The highest BCUT2D eigenvalue weighted by atomic mass is 15.2. The summed E-state index contributed by atoms with van der Waals surface area (Å²) in [6.45, 7) is 3.09. The molecule has 96 valence electrons. The Balaban J connectivity index is 1.98. The van der Waals surface area contributed by atoms with Crippen molar-refractivity contribution in [3.8, 4) is 0 Å². The van der Waals surface area contributed by atoms with E-state index in [9.17, 15) is 0 Å². The molecule has 1 heterocycles. The Labute approximate surface area is 109 Å². The van der Waals surface area contributed by atoms with Crippen molar-refractivity contribution >= 4 is 0 Å². The van der Waals surface area contributed by atoms with Crippen molar-refractivity contribution in [1.29, 1.82) is 0 Å². The number of benzene rings is 1. The van der Waals surface area contributed by atoms with Crippen LogP contribution >= 0.6 is 0 Å². The van der Waals surface area contributed by atoms with Gasteiger partial charge in [0, 0.05) is 31.4 Å². The number of rotatable bonds is 6. The van der Waals surface area contributed by atoms with E-state index >= 15 is 0 Å². The van der Waals surface area contributed by atoms with E-state index in [1.807, 2.05) is 17.9 Å². The molecule has 0 spiro atoms. The van der Waals surface area contributed by atoms with Crippen LogP contribution in [0.25, 0.3) is 0 Å². The highest BCUT2D eigenvalue weighted by Gasteiger charge is 2.09. The predicted octanol–water partition coefficient (Wildman–Crippen LogP) is 3.05. The topological polar surface area (TPSA) is 29.9 Å². The molecule has 1 aromatic heterocycles. The monoisotopic (exact) mass is 243 g/mol. The van der Waals surface area contributed by atoms with Crippen LogP contribution in [0.15, 0.2) is 42.7 Å². The van der Waals surface area contributed by atoms with E-state index in [-0.39, 0.29) is 0 Å². The van der Waals surface area contributed by atoms with Crippen molar-refractivity contribution in [2.45, 2.75) is 32.4 Å². The van der Waals surface area contributed by atoms with Crippen molar-refractivity contribution in [2.24, 2.45) is 7.05 Å². The van der Waals surface area contributed by atoms with Gasteiger partial charge in [-0.25, -0.2) is 0 Å². The van der Waals surface area contributed by atoms with Crippen molar-refractivity contribution in [1.82, 2.24) is 15.1 Å². The van der Waals surface area contributed by atoms with E-state index in [2.05, 4.69) is 53.9 Å². The average molecular weight is 243 g/mol. The molecule has 3 heteroatoms. The molecule has 0 saturated heterocycles. The minimum atomic E-state index is 0.427. The highest BCUT2D eigenvalue weighted by Crippen LogP contribution is 2.18. The van der Waals surface area contributed by atoms with Gasteiger partial charge < -0.3 is 5.32 Å². The van der Waals surface area contributed by atoms with Gasteiger partial charge in [-0.1, -0.05) is 43.7 Å². The molecular formula is C15H21N3. The van der Waals surface area contributed by atoms with Gasteiger partial charge in [-0.15, -0.1) is 0 Å². The lowest BCUT2D eigenvalue weighted by Gasteiger charge is -2.18. The summed E-state index contributed by atoms with van der Waals surface area (Å²) >= 11 is 0. The summed E-state index contributed by atoms with van der Waals surface area (Å²) in [5, 5.41) is 7.80. The maximum Gasteiger partial charge on any atom is 0.0534 e. The first kappa shape index (κ1) is 12.8. The lowest BCUT2D eigenvalue weighted by molar-refractivity contribution is 0.493. The van der Waals surface area contributed by atoms with Gasteiger partial charge in [-0.2, -0.15) is 5.10 Å². The number of nitrogens with one attached hydrogen (secondary N) is 1. The van der Waals surface area contributed by atoms with E-state index in [1.54, 1.807) is 0 Å². The molecule has 0 aliphatic rings. The zero-order valence-corrected chi connectivity index (χ0v) is 11.1. The summed E-state index contributed by atoms with van der Waals surface area (Å²) in [5.74, 6) is 0. The van der Waals surface area contributed by atoms with Crippen molar-refractivity contribution in [3.05, 3.63) is 53.9 Å². The second-order valence-electron chi connectivity index (χ2n) is 4.66. The van der Waals surface area contributed by atoms with Crippen LogP contribution in [-0.4, -0.2) is 9.78 Å². The van der Waals surface area contributed by atoms with Gasteiger partial charge in [0.1, 0.15) is 0 Å². The molecule has 3 nitrogen and oxygen atoms in total. The maximum atomic E-state index is 4.19. The normalized spacial score (nSPS) is 12.6. The van der Waals surface area contributed by atoms with E-state index < -0.39 is 0 Å². The van der Waals surface area contributed by atoms with Gasteiger partial charge in [-0.3, -0.25) is 4.68 Å². The summed E-state index contributed by atoms with van der Waals surface area (Å²) in [6, 6.07) is 11.1. The number of aromatic nitrogens is 2. The SMILES string of the molecule is CCCC(NCc1cnn(C)c1)c1ccccc1. The summed E-state index contributed by atoms with van der Waals surface area (Å²) in [5.41, 5.74) is 2.60. The lowest BCUT2D eigenvalue weighted by Crippen LogP contribution is -2.20. The first-order chi connectivity index (χ1) is 8.79. The molecule has 0 amide bonds. The van der Waals surface area contributed by atoms with Crippen LogP contribution in [0.1, 0.15) is 36.9 Å². The maximum absolute atomic E-state index is 4.19. The Hall–Kier alpha value is -1.61. The largest absolute Gasteiger partial charge is 0.306 e. The fourth-order valence-electron chi connectivity index (χ4n) is 2.16. The highest BCUT2D eigenvalue weighted by molar-refractivity contribution is 5.19. The molecule has 0 aliphatic heterocycles. The quantitative estimate of drug-likeness (QED) is 0.845. The Morgan fingerprint density at radius 1 is 1.28 bits per heavy atom. The van der Waals surface area contributed by atoms with Gasteiger partial charge >= 0.3 is 0 Å². The van der Waals surface area contributed by atoms with Gasteiger partial charge in [0.25, 0.3) is 0 Å². The van der Waals surface area contributed by atoms with Crippen LogP contribution in [0.2, 0.25) is 0 Å². The van der Waals surface area contributed by atoms with Crippen molar-refractivity contribution < 1.29 is 0 Å². The van der Waals surface area contributed by atoms with E-state index in [0.717, 1.165) is 13.0 Å². The van der Waals surface area contributed by atoms with Crippen LogP contribution < -0.4 is 5.32 Å². The molecule has 1 N–H and O–H groups in total. The smallest absolute Gasteiger partial charge is 0.0534 e. The van der Waals surface area contributed by atoms with E-state index in [4.69, 9.17) is 0 Å². The van der Waals surface area contributed by atoms with E-state index in [1.165, 1.54) is 17.5 Å². The molecule has 0 fully saturated rings. The molecule has 0 bridgehead atoms. The first-order valence-electron chi connectivity index (χ1n) is 6.55. The average Bonchev–Trinajstić information content (AvgIpc) is 2.81. The molecule has 0 aliphatic carbocycles. The Bertz CT molecular complexity index is 462. The molecule has 2 rings (SSSR count). The van der Waals surface area contributed by atoms with Crippen molar-refractivity contribution in [2.75, 3.05) is 0 Å². The van der Waals surface area contributed by atoms with Crippen LogP contribution in [0.5, 0.6) is 0 Å². The standard InChI is InChI=1S/C15H21N3/c1-3-7-15(14-8-5-4-6-9-14)16-10-13-11-17-18(2)12-13/h4-6,8-9,11-12,15-16H,3,7,10H2,1-2H3. The number of hydrogen-bond acceptors (Lipinski definition) is 2. The summed E-state index contributed by atoms with van der Waals surface area (Å²) < 4.78 is 1.84. The Kier molecular flexibility index (Phi) is 4.53. The second-order valence-corrected chi connectivity index (χ2v) is 4.66. The third-order valence-electron chi connectivity index (χ3n) is 3.09. The number of aryl methyl sites for hydroxylation is 1. The third kappa shape index (κ3) is 3.44. The van der Waals surface area contributed by atoms with Gasteiger partial charge in [-0.05, 0) is 12.0 Å². The third-order valence-corrected chi connectivity index (χ3v) is 3.09. The summed E-state index contributed by atoms with van der Waals surface area (Å²) in [4.78, 5) is 0. The molecular weight excluding hydrogens is 222 g/mol. The van der Waals surface area contributed by atoms with Crippen molar-refractivity contribution in [3.63, 3.8) is 0 Å².